The van der Waals surface area contributed by atoms with Crippen molar-refractivity contribution in [1.82, 2.24) is 0 Å². The Morgan fingerprint density at radius 2 is 1.80 bits per heavy atom. The molecular formula is C15H12FNO3. The summed E-state index contributed by atoms with van der Waals surface area (Å²) in [5.74, 6) is -1.09. The molecule has 1 atom stereocenters. The smallest absolute Gasteiger partial charge is 0.165 e. The van der Waals surface area contributed by atoms with Crippen LogP contribution in [0.25, 0.3) is 11.1 Å². The minimum absolute atomic E-state index is 0.300. The Morgan fingerprint density at radius 3 is 2.50 bits per heavy atom. The van der Waals surface area contributed by atoms with Gasteiger partial charge in [-0.25, -0.2) is 4.39 Å². The van der Waals surface area contributed by atoms with Crippen molar-refractivity contribution >= 4 is 5.71 Å². The third-order valence-electron chi connectivity index (χ3n) is 3.54. The highest BCUT2D eigenvalue weighted by Crippen LogP contribution is 2.33. The van der Waals surface area contributed by atoms with Crippen LogP contribution in [0.3, 0.4) is 0 Å². The molecule has 1 unspecified atom stereocenters. The summed E-state index contributed by atoms with van der Waals surface area (Å²) in [6.45, 7) is 0. The molecule has 0 spiro atoms. The number of fused-ring (bicyclic) bond motifs is 1. The Bertz CT molecular complexity index is 712. The fourth-order valence-corrected chi connectivity index (χ4v) is 2.44. The number of oxime groups is 1. The van der Waals surface area contributed by atoms with Gasteiger partial charge in [-0.1, -0.05) is 23.4 Å². The summed E-state index contributed by atoms with van der Waals surface area (Å²) >= 11 is 0. The van der Waals surface area contributed by atoms with Crippen LogP contribution in [0.5, 0.6) is 5.75 Å². The molecular weight excluding hydrogens is 261 g/mol. The molecule has 4 nitrogen and oxygen atoms in total. The molecule has 0 fully saturated rings. The van der Waals surface area contributed by atoms with E-state index in [0.717, 1.165) is 11.1 Å². The first-order chi connectivity index (χ1) is 9.60. The molecule has 5 heteroatoms. The molecule has 1 aliphatic rings. The number of phenolic OH excluding ortho intramolecular Hbond substituents is 1. The molecule has 2 aromatic rings. The highest BCUT2D eigenvalue weighted by molar-refractivity contribution is 5.95. The van der Waals surface area contributed by atoms with Crippen LogP contribution in [0.4, 0.5) is 4.39 Å². The van der Waals surface area contributed by atoms with Crippen molar-refractivity contribution in [3.05, 3.63) is 53.3 Å². The molecule has 0 saturated heterocycles. The first kappa shape index (κ1) is 12.6. The number of aliphatic hydroxyl groups is 1. The summed E-state index contributed by atoms with van der Waals surface area (Å²) in [6, 6.07) is 9.48. The van der Waals surface area contributed by atoms with Gasteiger partial charge in [0.1, 0.15) is 6.10 Å². The lowest BCUT2D eigenvalue weighted by molar-refractivity contribution is 0.238. The van der Waals surface area contributed by atoms with Crippen LogP contribution in [0.1, 0.15) is 17.2 Å². The fourth-order valence-electron chi connectivity index (χ4n) is 2.44. The van der Waals surface area contributed by atoms with Crippen LogP contribution in [-0.4, -0.2) is 21.1 Å². The number of aromatic hydroxyl groups is 1. The topological polar surface area (TPSA) is 73.1 Å². The zero-order valence-corrected chi connectivity index (χ0v) is 10.4. The molecule has 3 rings (SSSR count). The number of rotatable bonds is 1. The summed E-state index contributed by atoms with van der Waals surface area (Å²) < 4.78 is 13.4. The van der Waals surface area contributed by atoms with Gasteiger partial charge in [0, 0.05) is 6.42 Å². The highest BCUT2D eigenvalue weighted by Gasteiger charge is 2.27. The third kappa shape index (κ3) is 1.92. The van der Waals surface area contributed by atoms with Crippen molar-refractivity contribution in [3.8, 4) is 16.9 Å². The van der Waals surface area contributed by atoms with E-state index in [4.69, 9.17) is 5.21 Å². The van der Waals surface area contributed by atoms with E-state index in [1.807, 2.05) is 6.07 Å². The Kier molecular flexibility index (Phi) is 2.91. The van der Waals surface area contributed by atoms with Crippen LogP contribution in [-0.2, 0) is 6.42 Å². The van der Waals surface area contributed by atoms with E-state index in [-0.39, 0.29) is 0 Å². The van der Waals surface area contributed by atoms with E-state index in [2.05, 4.69) is 5.16 Å². The maximum absolute atomic E-state index is 13.4. The maximum Gasteiger partial charge on any atom is 0.165 e. The van der Waals surface area contributed by atoms with Crippen LogP contribution in [0.15, 0.2) is 41.6 Å². The van der Waals surface area contributed by atoms with E-state index >= 15 is 0 Å². The van der Waals surface area contributed by atoms with Gasteiger partial charge in [-0.15, -0.1) is 0 Å². The summed E-state index contributed by atoms with van der Waals surface area (Å²) in [5.41, 5.74) is 3.16. The lowest BCUT2D eigenvalue weighted by Crippen LogP contribution is -2.05. The van der Waals surface area contributed by atoms with Gasteiger partial charge in [0.05, 0.1) is 5.71 Å². The number of aliphatic hydroxyl groups excluding tert-OH is 1. The summed E-state index contributed by atoms with van der Waals surface area (Å²) in [4.78, 5) is 0. The van der Waals surface area contributed by atoms with Crippen LogP contribution in [0, 0.1) is 5.82 Å². The summed E-state index contributed by atoms with van der Waals surface area (Å²) in [6.07, 6.45) is -0.533. The van der Waals surface area contributed by atoms with Crippen molar-refractivity contribution in [2.24, 2.45) is 5.16 Å². The lowest BCUT2D eigenvalue weighted by atomic mass is 10.00. The normalized spacial score (nSPS) is 19.3. The predicted octanol–water partition coefficient (Wildman–Crippen LogP) is 2.62. The second-order valence-corrected chi connectivity index (χ2v) is 4.75. The Morgan fingerprint density at radius 1 is 1.10 bits per heavy atom. The average Bonchev–Trinajstić information content (AvgIpc) is 2.78. The van der Waals surface area contributed by atoms with Gasteiger partial charge in [-0.2, -0.15) is 0 Å². The second kappa shape index (κ2) is 4.61. The fraction of sp³-hybridized carbons (Fsp3) is 0.133. The second-order valence-electron chi connectivity index (χ2n) is 4.75. The number of hydrogen-bond acceptors (Lipinski definition) is 4. The average molecular weight is 273 g/mol. The molecule has 0 saturated carbocycles. The van der Waals surface area contributed by atoms with Crippen molar-refractivity contribution in [1.29, 1.82) is 0 Å². The maximum atomic E-state index is 13.4. The van der Waals surface area contributed by atoms with E-state index < -0.39 is 17.7 Å². The number of halogens is 1. The molecule has 0 aliphatic heterocycles. The standard InChI is InChI=1S/C15H12FNO3/c16-12-6-9(3-4-14(12)18)8-1-2-10-7-13(17-20)15(19)11(10)5-8/h1-6,15,18-20H,7H2/b17-13+. The molecule has 2 aromatic carbocycles. The van der Waals surface area contributed by atoms with E-state index in [9.17, 15) is 14.6 Å². The number of hydrogen-bond donors (Lipinski definition) is 3. The number of benzene rings is 2. The molecule has 0 heterocycles. The van der Waals surface area contributed by atoms with Gasteiger partial charge in [0.15, 0.2) is 11.6 Å². The molecule has 20 heavy (non-hydrogen) atoms. The quantitative estimate of drug-likeness (QED) is 0.552. The van der Waals surface area contributed by atoms with Crippen LogP contribution in [0.2, 0.25) is 0 Å². The molecule has 0 aromatic heterocycles. The molecule has 0 amide bonds. The molecule has 0 bridgehead atoms. The number of nitrogens with zero attached hydrogens (tertiary/aromatic N) is 1. The highest BCUT2D eigenvalue weighted by atomic mass is 19.1. The first-order valence-corrected chi connectivity index (χ1v) is 6.10. The lowest BCUT2D eigenvalue weighted by Gasteiger charge is -2.08. The minimum atomic E-state index is -0.933. The largest absolute Gasteiger partial charge is 0.505 e. The Balaban J connectivity index is 2.06. The van der Waals surface area contributed by atoms with Gasteiger partial charge < -0.3 is 15.4 Å². The van der Waals surface area contributed by atoms with Gasteiger partial charge in [0.2, 0.25) is 0 Å². The van der Waals surface area contributed by atoms with Crippen LogP contribution >= 0.6 is 0 Å². The van der Waals surface area contributed by atoms with Crippen molar-refractivity contribution in [2.75, 3.05) is 0 Å². The van der Waals surface area contributed by atoms with E-state index in [1.165, 1.54) is 12.1 Å². The molecule has 3 N–H and O–H groups in total. The number of phenols is 1. The Hall–Kier alpha value is -2.40. The van der Waals surface area contributed by atoms with Crippen molar-refractivity contribution < 1.29 is 19.8 Å². The predicted molar refractivity (Wildman–Crippen MR) is 71.4 cm³/mol. The minimum Gasteiger partial charge on any atom is -0.505 e. The van der Waals surface area contributed by atoms with Crippen molar-refractivity contribution in [2.45, 2.75) is 12.5 Å². The Labute approximate surface area is 114 Å². The van der Waals surface area contributed by atoms with Gasteiger partial charge in [-0.3, -0.25) is 0 Å². The molecule has 1 aliphatic carbocycles. The molecule has 0 radical (unpaired) electrons. The summed E-state index contributed by atoms with van der Waals surface area (Å²) in [7, 11) is 0. The SMILES string of the molecule is O/N=C1\Cc2ccc(-c3ccc(O)c(F)c3)cc2C1O. The zero-order valence-electron chi connectivity index (χ0n) is 10.4. The van der Waals surface area contributed by atoms with Gasteiger partial charge in [0.25, 0.3) is 0 Å². The van der Waals surface area contributed by atoms with Gasteiger partial charge >= 0.3 is 0 Å². The van der Waals surface area contributed by atoms with E-state index in [1.54, 1.807) is 18.2 Å². The zero-order chi connectivity index (χ0) is 14.3. The van der Waals surface area contributed by atoms with Crippen molar-refractivity contribution in [3.63, 3.8) is 0 Å². The third-order valence-corrected chi connectivity index (χ3v) is 3.54. The summed E-state index contributed by atoms with van der Waals surface area (Å²) in [5, 5.41) is 31.1. The monoisotopic (exact) mass is 273 g/mol. The van der Waals surface area contributed by atoms with Crippen LogP contribution < -0.4 is 0 Å². The van der Waals surface area contributed by atoms with E-state index in [0.29, 0.717) is 23.3 Å². The molecule has 102 valence electrons. The van der Waals surface area contributed by atoms with Gasteiger partial charge in [-0.05, 0) is 40.5 Å². The first-order valence-electron chi connectivity index (χ1n) is 6.10.